The summed E-state index contributed by atoms with van der Waals surface area (Å²) in [5, 5.41) is 3.32. The summed E-state index contributed by atoms with van der Waals surface area (Å²) in [6.07, 6.45) is 4.27. The zero-order valence-corrected chi connectivity index (χ0v) is 13.7. The van der Waals surface area contributed by atoms with Crippen LogP contribution in [0.3, 0.4) is 0 Å². The van der Waals surface area contributed by atoms with Crippen LogP contribution in [0.15, 0.2) is 40.9 Å². The number of fused-ring (bicyclic) bond motifs is 1. The van der Waals surface area contributed by atoms with Crippen molar-refractivity contribution in [1.29, 1.82) is 0 Å². The van der Waals surface area contributed by atoms with Gasteiger partial charge in [0.25, 0.3) is 0 Å². The highest BCUT2D eigenvalue weighted by Gasteiger charge is 2.17. The molecular weight excluding hydrogens is 329 g/mol. The molecule has 1 unspecified atom stereocenters. The van der Waals surface area contributed by atoms with Gasteiger partial charge in [-0.1, -0.05) is 34.1 Å². The second kappa shape index (κ2) is 6.29. The van der Waals surface area contributed by atoms with Gasteiger partial charge < -0.3 is 5.32 Å². The second-order valence-electron chi connectivity index (χ2n) is 5.66. The maximum Gasteiger partial charge on any atom is 0.126 e. The topological polar surface area (TPSA) is 12.0 Å². The van der Waals surface area contributed by atoms with Crippen molar-refractivity contribution < 1.29 is 4.39 Å². The molecule has 1 nitrogen and oxygen atoms in total. The van der Waals surface area contributed by atoms with Crippen LogP contribution in [0.25, 0.3) is 0 Å². The summed E-state index contributed by atoms with van der Waals surface area (Å²) in [5.74, 6) is -0.139. The molecule has 1 N–H and O–H groups in total. The van der Waals surface area contributed by atoms with E-state index in [0.717, 1.165) is 10.0 Å². The highest BCUT2D eigenvalue weighted by Crippen LogP contribution is 2.28. The first-order valence-electron chi connectivity index (χ1n) is 7.40. The Bertz CT molecular complexity index is 654. The summed E-state index contributed by atoms with van der Waals surface area (Å²) in [5.41, 5.74) is 4.92. The van der Waals surface area contributed by atoms with Crippen LogP contribution in [0.4, 0.5) is 4.39 Å². The average Bonchev–Trinajstić information content (AvgIpc) is 2.95. The van der Waals surface area contributed by atoms with Gasteiger partial charge in [0.2, 0.25) is 0 Å². The molecule has 0 aromatic heterocycles. The van der Waals surface area contributed by atoms with Gasteiger partial charge >= 0.3 is 0 Å². The van der Waals surface area contributed by atoms with E-state index in [0.29, 0.717) is 6.42 Å². The summed E-state index contributed by atoms with van der Waals surface area (Å²) in [4.78, 5) is 0. The summed E-state index contributed by atoms with van der Waals surface area (Å²) < 4.78 is 14.9. The van der Waals surface area contributed by atoms with Crippen molar-refractivity contribution in [2.45, 2.75) is 31.7 Å². The smallest absolute Gasteiger partial charge is 0.126 e. The summed E-state index contributed by atoms with van der Waals surface area (Å²) in [6.45, 7) is 0. The van der Waals surface area contributed by atoms with Gasteiger partial charge in [-0.3, -0.25) is 0 Å². The van der Waals surface area contributed by atoms with E-state index in [4.69, 9.17) is 0 Å². The monoisotopic (exact) mass is 347 g/mol. The number of aryl methyl sites for hydroxylation is 2. The maximum atomic E-state index is 14.0. The first-order valence-corrected chi connectivity index (χ1v) is 8.19. The predicted octanol–water partition coefficient (Wildman–Crippen LogP) is 4.58. The molecule has 2 aromatic rings. The molecule has 0 spiro atoms. The van der Waals surface area contributed by atoms with E-state index in [1.54, 1.807) is 6.07 Å². The summed E-state index contributed by atoms with van der Waals surface area (Å²) in [6, 6.07) is 12.0. The molecule has 2 aromatic carbocycles. The van der Waals surface area contributed by atoms with Gasteiger partial charge in [-0.25, -0.2) is 4.39 Å². The largest absolute Gasteiger partial charge is 0.313 e. The van der Waals surface area contributed by atoms with Crippen LogP contribution in [-0.4, -0.2) is 7.05 Å². The molecule has 0 saturated heterocycles. The van der Waals surface area contributed by atoms with E-state index < -0.39 is 0 Å². The first-order chi connectivity index (χ1) is 10.2. The van der Waals surface area contributed by atoms with Gasteiger partial charge in [0.1, 0.15) is 5.82 Å². The van der Waals surface area contributed by atoms with Crippen LogP contribution >= 0.6 is 15.9 Å². The number of benzene rings is 2. The fourth-order valence-corrected chi connectivity index (χ4v) is 3.52. The Kier molecular flexibility index (Phi) is 4.41. The highest BCUT2D eigenvalue weighted by molar-refractivity contribution is 9.10. The molecule has 1 atom stereocenters. The number of nitrogens with one attached hydrogen (secondary N) is 1. The Balaban J connectivity index is 1.86. The molecule has 0 saturated carbocycles. The molecule has 0 fully saturated rings. The van der Waals surface area contributed by atoms with Gasteiger partial charge in [0, 0.05) is 10.5 Å². The number of rotatable bonds is 4. The van der Waals surface area contributed by atoms with Gasteiger partial charge in [0.05, 0.1) is 0 Å². The molecule has 1 aliphatic rings. The molecule has 3 rings (SSSR count). The Morgan fingerprint density at radius 1 is 1.14 bits per heavy atom. The van der Waals surface area contributed by atoms with E-state index in [-0.39, 0.29) is 11.9 Å². The minimum atomic E-state index is -0.139. The quantitative estimate of drug-likeness (QED) is 0.853. The van der Waals surface area contributed by atoms with Crippen molar-refractivity contribution in [2.75, 3.05) is 7.05 Å². The number of halogens is 2. The maximum absolute atomic E-state index is 14.0. The molecule has 0 aliphatic heterocycles. The van der Waals surface area contributed by atoms with Gasteiger partial charge in [-0.15, -0.1) is 0 Å². The third-order valence-corrected chi connectivity index (χ3v) is 4.80. The van der Waals surface area contributed by atoms with Crippen molar-refractivity contribution in [1.82, 2.24) is 5.32 Å². The Hall–Kier alpha value is -1.19. The van der Waals surface area contributed by atoms with Crippen LogP contribution in [0.1, 0.15) is 34.7 Å². The van der Waals surface area contributed by atoms with E-state index in [1.165, 1.54) is 42.0 Å². The molecule has 21 heavy (non-hydrogen) atoms. The van der Waals surface area contributed by atoms with Crippen molar-refractivity contribution in [3.63, 3.8) is 0 Å². The van der Waals surface area contributed by atoms with Crippen LogP contribution in [0, 0.1) is 5.82 Å². The minimum absolute atomic E-state index is 0.139. The van der Waals surface area contributed by atoms with Crippen molar-refractivity contribution >= 4 is 15.9 Å². The second-order valence-corrected chi connectivity index (χ2v) is 6.58. The Morgan fingerprint density at radius 2 is 1.95 bits per heavy atom. The fourth-order valence-electron chi connectivity index (χ4n) is 3.11. The van der Waals surface area contributed by atoms with Crippen molar-refractivity contribution in [3.8, 4) is 0 Å². The Labute approximate surface area is 133 Å². The SMILES string of the molecule is CNC(Cc1cc(Br)ccc1F)c1ccc2c(c1)CCC2. The fraction of sp³-hybridized carbons (Fsp3) is 0.333. The molecule has 0 amide bonds. The molecule has 110 valence electrons. The van der Waals surface area contributed by atoms with Crippen LogP contribution < -0.4 is 5.32 Å². The van der Waals surface area contributed by atoms with Gasteiger partial charge in [-0.2, -0.15) is 0 Å². The molecule has 0 bridgehead atoms. The number of hydrogen-bond donors (Lipinski definition) is 1. The van der Waals surface area contributed by atoms with Crippen LogP contribution in [0.2, 0.25) is 0 Å². The summed E-state index contributed by atoms with van der Waals surface area (Å²) in [7, 11) is 1.94. The van der Waals surface area contributed by atoms with Crippen LogP contribution in [-0.2, 0) is 19.3 Å². The lowest BCUT2D eigenvalue weighted by Gasteiger charge is -2.18. The first kappa shape index (κ1) is 14.7. The predicted molar refractivity (Wildman–Crippen MR) is 88.1 cm³/mol. The third-order valence-electron chi connectivity index (χ3n) is 4.31. The minimum Gasteiger partial charge on any atom is -0.313 e. The standard InChI is InChI=1S/C18H19BrFN/c1-21-18(11-15-10-16(19)7-8-17(15)20)14-6-5-12-3-2-4-13(12)9-14/h5-10,18,21H,2-4,11H2,1H3. The normalized spacial score (nSPS) is 15.0. The highest BCUT2D eigenvalue weighted by atomic mass is 79.9. The number of hydrogen-bond acceptors (Lipinski definition) is 1. The van der Waals surface area contributed by atoms with E-state index in [2.05, 4.69) is 39.4 Å². The van der Waals surface area contributed by atoms with Crippen LogP contribution in [0.5, 0.6) is 0 Å². The molecule has 3 heteroatoms. The number of likely N-dealkylation sites (N-methyl/N-ethyl adjacent to an activating group) is 1. The lowest BCUT2D eigenvalue weighted by Crippen LogP contribution is -2.19. The molecule has 1 aliphatic carbocycles. The molecule has 0 heterocycles. The van der Waals surface area contributed by atoms with E-state index in [1.807, 2.05) is 13.1 Å². The molecule has 0 radical (unpaired) electrons. The zero-order valence-electron chi connectivity index (χ0n) is 12.1. The van der Waals surface area contributed by atoms with Crippen molar-refractivity contribution in [3.05, 3.63) is 68.9 Å². The molecular formula is C18H19BrFN. The zero-order chi connectivity index (χ0) is 14.8. The lowest BCUT2D eigenvalue weighted by molar-refractivity contribution is 0.554. The van der Waals surface area contributed by atoms with E-state index >= 15 is 0 Å². The average molecular weight is 348 g/mol. The van der Waals surface area contributed by atoms with Crippen molar-refractivity contribution in [2.24, 2.45) is 0 Å². The summed E-state index contributed by atoms with van der Waals surface area (Å²) >= 11 is 3.42. The van der Waals surface area contributed by atoms with E-state index in [9.17, 15) is 4.39 Å². The third kappa shape index (κ3) is 3.19. The van der Waals surface area contributed by atoms with Gasteiger partial charge in [0.15, 0.2) is 0 Å². The lowest BCUT2D eigenvalue weighted by atomic mass is 9.96. The Morgan fingerprint density at radius 3 is 2.76 bits per heavy atom. The van der Waals surface area contributed by atoms with Gasteiger partial charge in [-0.05, 0) is 73.2 Å².